The summed E-state index contributed by atoms with van der Waals surface area (Å²) in [7, 11) is 0. The van der Waals surface area contributed by atoms with Gasteiger partial charge in [-0.05, 0) is 43.2 Å². The van der Waals surface area contributed by atoms with Crippen molar-refractivity contribution in [3.8, 4) is 0 Å². The van der Waals surface area contributed by atoms with E-state index < -0.39 is 11.8 Å². The molecule has 2 aromatic rings. The molecule has 0 unspecified atom stereocenters. The summed E-state index contributed by atoms with van der Waals surface area (Å²) in [6.07, 6.45) is 2.27. The quantitative estimate of drug-likeness (QED) is 0.598. The average Bonchev–Trinajstić information content (AvgIpc) is 2.74. The van der Waals surface area contributed by atoms with E-state index in [4.69, 9.17) is 5.11 Å². The minimum absolute atomic E-state index is 0.0955. The van der Waals surface area contributed by atoms with Crippen molar-refractivity contribution in [3.63, 3.8) is 0 Å². The van der Waals surface area contributed by atoms with Crippen molar-refractivity contribution in [2.24, 2.45) is 11.0 Å². The second-order valence-electron chi connectivity index (χ2n) is 6.70. The zero-order valence-electron chi connectivity index (χ0n) is 15.5. The summed E-state index contributed by atoms with van der Waals surface area (Å²) < 4.78 is 13.0. The number of piperidine rings is 1. The zero-order valence-corrected chi connectivity index (χ0v) is 15.5. The van der Waals surface area contributed by atoms with Crippen molar-refractivity contribution >= 4 is 24.0 Å². The molecule has 7 nitrogen and oxygen atoms in total. The number of hydrogen-bond acceptors (Lipinski definition) is 4. The Morgan fingerprint density at radius 2 is 1.72 bits per heavy atom. The van der Waals surface area contributed by atoms with Gasteiger partial charge < -0.3 is 10.0 Å². The molecule has 0 spiro atoms. The van der Waals surface area contributed by atoms with E-state index in [1.165, 1.54) is 36.5 Å². The summed E-state index contributed by atoms with van der Waals surface area (Å²) in [5.41, 5.74) is 3.34. The lowest BCUT2D eigenvalue weighted by atomic mass is 9.95. The van der Waals surface area contributed by atoms with E-state index in [-0.39, 0.29) is 23.3 Å². The number of nitrogens with one attached hydrogen (secondary N) is 1. The number of carbonyl (C=O) groups excluding carboxylic acids is 2. The van der Waals surface area contributed by atoms with E-state index in [0.717, 1.165) is 0 Å². The van der Waals surface area contributed by atoms with Crippen molar-refractivity contribution in [2.45, 2.75) is 12.8 Å². The number of carbonyl (C=O) groups is 3. The van der Waals surface area contributed by atoms with E-state index in [9.17, 15) is 18.8 Å². The first-order chi connectivity index (χ1) is 14.0. The molecule has 0 atom stereocenters. The number of benzene rings is 2. The van der Waals surface area contributed by atoms with Crippen LogP contribution in [0.1, 0.15) is 39.1 Å². The third-order valence-electron chi connectivity index (χ3n) is 4.81. The first-order valence-corrected chi connectivity index (χ1v) is 9.16. The minimum atomic E-state index is -1.07. The molecule has 0 saturated carbocycles. The van der Waals surface area contributed by atoms with Crippen LogP contribution >= 0.6 is 0 Å². The highest BCUT2D eigenvalue weighted by molar-refractivity contribution is 5.98. The molecular formula is C21H20FN3O4. The van der Waals surface area contributed by atoms with Gasteiger partial charge >= 0.3 is 5.97 Å². The Hall–Kier alpha value is -3.55. The Morgan fingerprint density at radius 3 is 2.38 bits per heavy atom. The van der Waals surface area contributed by atoms with Crippen LogP contribution in [0.15, 0.2) is 53.6 Å². The second kappa shape index (κ2) is 9.09. The monoisotopic (exact) mass is 397 g/mol. The largest absolute Gasteiger partial charge is 0.478 e. The third-order valence-corrected chi connectivity index (χ3v) is 4.81. The van der Waals surface area contributed by atoms with Gasteiger partial charge in [0, 0.05) is 30.1 Å². The SMILES string of the molecule is O=C(O)c1ccccc1/C=N\NC(=O)C1CCN(C(=O)c2ccc(F)cc2)CC1. The molecular weight excluding hydrogens is 377 g/mol. The smallest absolute Gasteiger partial charge is 0.336 e. The van der Waals surface area contributed by atoms with Gasteiger partial charge in [-0.15, -0.1) is 0 Å². The highest BCUT2D eigenvalue weighted by Crippen LogP contribution is 2.19. The summed E-state index contributed by atoms with van der Waals surface area (Å²) >= 11 is 0. The van der Waals surface area contributed by atoms with Gasteiger partial charge in [0.1, 0.15) is 5.82 Å². The average molecular weight is 397 g/mol. The lowest BCUT2D eigenvalue weighted by Crippen LogP contribution is -2.42. The molecule has 0 aromatic heterocycles. The number of carboxylic acid groups (broad SMARTS) is 1. The summed E-state index contributed by atoms with van der Waals surface area (Å²) in [5, 5.41) is 13.0. The molecule has 0 bridgehead atoms. The highest BCUT2D eigenvalue weighted by Gasteiger charge is 2.27. The van der Waals surface area contributed by atoms with Crippen molar-refractivity contribution in [2.75, 3.05) is 13.1 Å². The van der Waals surface area contributed by atoms with Gasteiger partial charge in [-0.3, -0.25) is 9.59 Å². The lowest BCUT2D eigenvalue weighted by molar-refractivity contribution is -0.126. The molecule has 3 rings (SSSR count). The van der Waals surface area contributed by atoms with Gasteiger partial charge in [-0.1, -0.05) is 18.2 Å². The Bertz CT molecular complexity index is 935. The van der Waals surface area contributed by atoms with Gasteiger partial charge in [0.05, 0.1) is 11.8 Å². The molecule has 8 heteroatoms. The fourth-order valence-electron chi connectivity index (χ4n) is 3.18. The van der Waals surface area contributed by atoms with Crippen LogP contribution in [0.3, 0.4) is 0 Å². The predicted molar refractivity (Wildman–Crippen MR) is 104 cm³/mol. The minimum Gasteiger partial charge on any atom is -0.478 e. The molecule has 2 aromatic carbocycles. The molecule has 29 heavy (non-hydrogen) atoms. The van der Waals surface area contributed by atoms with Gasteiger partial charge in [-0.25, -0.2) is 14.6 Å². The second-order valence-corrected chi connectivity index (χ2v) is 6.70. The van der Waals surface area contributed by atoms with Crippen molar-refractivity contribution in [1.82, 2.24) is 10.3 Å². The summed E-state index contributed by atoms with van der Waals surface area (Å²) in [6, 6.07) is 11.7. The number of carboxylic acids is 1. The highest BCUT2D eigenvalue weighted by atomic mass is 19.1. The number of hydrogen-bond donors (Lipinski definition) is 2. The molecule has 1 aliphatic heterocycles. The van der Waals surface area contributed by atoms with Crippen LogP contribution in [0.4, 0.5) is 4.39 Å². The number of rotatable bonds is 5. The topological polar surface area (TPSA) is 99.1 Å². The van der Waals surface area contributed by atoms with Crippen molar-refractivity contribution in [1.29, 1.82) is 0 Å². The van der Waals surface area contributed by atoms with Crippen LogP contribution in [0.2, 0.25) is 0 Å². The van der Waals surface area contributed by atoms with Crippen LogP contribution in [0.5, 0.6) is 0 Å². The molecule has 150 valence electrons. The third kappa shape index (κ3) is 5.04. The van der Waals surface area contributed by atoms with Crippen LogP contribution in [0, 0.1) is 11.7 Å². The van der Waals surface area contributed by atoms with Crippen LogP contribution in [-0.2, 0) is 4.79 Å². The Balaban J connectivity index is 1.52. The molecule has 2 N–H and O–H groups in total. The summed E-state index contributed by atoms with van der Waals surface area (Å²) in [4.78, 5) is 37.6. The van der Waals surface area contributed by atoms with Crippen molar-refractivity contribution < 1.29 is 23.9 Å². The Labute approximate surface area is 166 Å². The van der Waals surface area contributed by atoms with Crippen LogP contribution < -0.4 is 5.43 Å². The van der Waals surface area contributed by atoms with E-state index in [1.807, 2.05) is 0 Å². The molecule has 1 saturated heterocycles. The van der Waals surface area contributed by atoms with E-state index in [1.54, 1.807) is 23.1 Å². The number of likely N-dealkylation sites (tertiary alicyclic amines) is 1. The van der Waals surface area contributed by atoms with E-state index in [2.05, 4.69) is 10.5 Å². The number of aromatic carboxylic acids is 1. The predicted octanol–water partition coefficient (Wildman–Crippen LogP) is 2.53. The maximum absolute atomic E-state index is 13.0. The standard InChI is InChI=1S/C21H20FN3O4/c22-17-7-5-15(6-8-17)20(27)25-11-9-14(10-12-25)19(26)24-23-13-16-3-1-2-4-18(16)21(28)29/h1-8,13-14H,9-12H2,(H,24,26)(H,28,29)/b23-13-. The Morgan fingerprint density at radius 1 is 1.07 bits per heavy atom. The zero-order chi connectivity index (χ0) is 20.8. The molecule has 1 fully saturated rings. The maximum Gasteiger partial charge on any atom is 0.336 e. The lowest BCUT2D eigenvalue weighted by Gasteiger charge is -2.31. The van der Waals surface area contributed by atoms with Crippen molar-refractivity contribution in [3.05, 3.63) is 71.0 Å². The number of hydrazone groups is 1. The van der Waals surface area contributed by atoms with Gasteiger partial charge in [-0.2, -0.15) is 5.10 Å². The molecule has 0 radical (unpaired) electrons. The number of amides is 2. The summed E-state index contributed by atoms with van der Waals surface area (Å²) in [6.45, 7) is 0.833. The maximum atomic E-state index is 13.0. The fraction of sp³-hybridized carbons (Fsp3) is 0.238. The van der Waals surface area contributed by atoms with E-state index in [0.29, 0.717) is 37.1 Å². The fourth-order valence-corrected chi connectivity index (χ4v) is 3.18. The first kappa shape index (κ1) is 20.2. The van der Waals surface area contributed by atoms with Gasteiger partial charge in [0.15, 0.2) is 0 Å². The molecule has 1 heterocycles. The molecule has 1 aliphatic rings. The first-order valence-electron chi connectivity index (χ1n) is 9.16. The normalized spacial score (nSPS) is 14.7. The molecule has 0 aliphatic carbocycles. The number of nitrogens with zero attached hydrogens (tertiary/aromatic N) is 2. The van der Waals surface area contributed by atoms with Gasteiger partial charge in [0.2, 0.25) is 5.91 Å². The van der Waals surface area contributed by atoms with Crippen LogP contribution in [0.25, 0.3) is 0 Å². The number of halogens is 1. The van der Waals surface area contributed by atoms with Crippen LogP contribution in [-0.4, -0.2) is 47.1 Å². The van der Waals surface area contributed by atoms with E-state index >= 15 is 0 Å². The summed E-state index contributed by atoms with van der Waals surface area (Å²) in [5.74, 6) is -2.23. The van der Waals surface area contributed by atoms with Gasteiger partial charge in [0.25, 0.3) is 5.91 Å². The Kier molecular flexibility index (Phi) is 6.33. The molecule has 2 amide bonds.